The molecule has 0 aliphatic heterocycles. The number of hydrogen-bond acceptors (Lipinski definition) is 1. The standard InChI is InChI=1S/C15H24O/c1-10(2)12-8-13-11(3)6-5-7-15(13,4)14(16)9-12/h12-14,16H,1,3,5-9H2,2,4H3. The molecular formula is C15H24O. The van der Waals surface area contributed by atoms with Gasteiger partial charge in [0.1, 0.15) is 0 Å². The molecule has 2 aliphatic carbocycles. The molecule has 90 valence electrons. The predicted octanol–water partition coefficient (Wildman–Crippen LogP) is 3.70. The minimum atomic E-state index is -0.176. The lowest BCUT2D eigenvalue weighted by molar-refractivity contribution is -0.0600. The van der Waals surface area contributed by atoms with E-state index < -0.39 is 0 Å². The van der Waals surface area contributed by atoms with Gasteiger partial charge in [-0.25, -0.2) is 0 Å². The summed E-state index contributed by atoms with van der Waals surface area (Å²) in [4.78, 5) is 0. The number of aliphatic hydroxyl groups is 1. The molecule has 0 aromatic rings. The van der Waals surface area contributed by atoms with E-state index in [0.717, 1.165) is 25.7 Å². The first kappa shape index (κ1) is 11.9. The van der Waals surface area contributed by atoms with E-state index in [1.54, 1.807) is 0 Å². The van der Waals surface area contributed by atoms with Crippen LogP contribution in [0.5, 0.6) is 0 Å². The Hall–Kier alpha value is -0.560. The van der Waals surface area contributed by atoms with Gasteiger partial charge in [0.05, 0.1) is 6.10 Å². The van der Waals surface area contributed by atoms with E-state index in [9.17, 15) is 5.11 Å². The summed E-state index contributed by atoms with van der Waals surface area (Å²) in [5.41, 5.74) is 2.67. The van der Waals surface area contributed by atoms with Crippen molar-refractivity contribution in [3.05, 3.63) is 24.3 Å². The van der Waals surface area contributed by atoms with Crippen molar-refractivity contribution in [2.75, 3.05) is 0 Å². The summed E-state index contributed by atoms with van der Waals surface area (Å²) in [5, 5.41) is 10.4. The van der Waals surface area contributed by atoms with Gasteiger partial charge in [-0.3, -0.25) is 0 Å². The first-order chi connectivity index (χ1) is 7.45. The fourth-order valence-electron chi connectivity index (χ4n) is 3.67. The van der Waals surface area contributed by atoms with Crippen LogP contribution in [0.15, 0.2) is 24.3 Å². The van der Waals surface area contributed by atoms with Gasteiger partial charge in [0, 0.05) is 5.41 Å². The van der Waals surface area contributed by atoms with E-state index >= 15 is 0 Å². The van der Waals surface area contributed by atoms with E-state index in [4.69, 9.17) is 0 Å². The Morgan fingerprint density at radius 2 is 2.12 bits per heavy atom. The van der Waals surface area contributed by atoms with Crippen LogP contribution >= 0.6 is 0 Å². The third-order valence-electron chi connectivity index (χ3n) is 4.99. The second-order valence-electron chi connectivity index (χ2n) is 6.10. The van der Waals surface area contributed by atoms with Gasteiger partial charge in [0.2, 0.25) is 0 Å². The van der Waals surface area contributed by atoms with Gasteiger partial charge in [-0.05, 0) is 50.9 Å². The van der Waals surface area contributed by atoms with Crippen LogP contribution in [0.4, 0.5) is 0 Å². The predicted molar refractivity (Wildman–Crippen MR) is 68.1 cm³/mol. The van der Waals surface area contributed by atoms with Gasteiger partial charge in [0.25, 0.3) is 0 Å². The fraction of sp³-hybridized carbons (Fsp3) is 0.733. The number of allylic oxidation sites excluding steroid dienone is 2. The summed E-state index contributed by atoms with van der Waals surface area (Å²) >= 11 is 0. The largest absolute Gasteiger partial charge is 0.393 e. The first-order valence-corrected chi connectivity index (χ1v) is 6.46. The smallest absolute Gasteiger partial charge is 0.0605 e. The number of aliphatic hydroxyl groups excluding tert-OH is 1. The molecule has 0 radical (unpaired) electrons. The number of rotatable bonds is 1. The average molecular weight is 220 g/mol. The zero-order valence-corrected chi connectivity index (χ0v) is 10.6. The summed E-state index contributed by atoms with van der Waals surface area (Å²) < 4.78 is 0. The molecular weight excluding hydrogens is 196 g/mol. The average Bonchev–Trinajstić information content (AvgIpc) is 2.20. The highest BCUT2D eigenvalue weighted by Gasteiger charge is 2.48. The van der Waals surface area contributed by atoms with Crippen LogP contribution in [0.3, 0.4) is 0 Å². The van der Waals surface area contributed by atoms with E-state index in [0.29, 0.717) is 11.8 Å². The van der Waals surface area contributed by atoms with Gasteiger partial charge < -0.3 is 5.11 Å². The minimum Gasteiger partial charge on any atom is -0.393 e. The van der Waals surface area contributed by atoms with E-state index in [1.807, 2.05) is 0 Å². The van der Waals surface area contributed by atoms with Crippen molar-refractivity contribution in [2.24, 2.45) is 17.3 Å². The molecule has 16 heavy (non-hydrogen) atoms. The maximum Gasteiger partial charge on any atom is 0.0605 e. The molecule has 1 N–H and O–H groups in total. The summed E-state index contributed by atoms with van der Waals surface area (Å²) in [5.74, 6) is 0.995. The first-order valence-electron chi connectivity index (χ1n) is 6.46. The Kier molecular flexibility index (Phi) is 3.00. The highest BCUT2D eigenvalue weighted by atomic mass is 16.3. The Balaban J connectivity index is 2.25. The van der Waals surface area contributed by atoms with Crippen LogP contribution in [-0.2, 0) is 0 Å². The molecule has 2 saturated carbocycles. The highest BCUT2D eigenvalue weighted by molar-refractivity contribution is 5.17. The number of hydrogen-bond donors (Lipinski definition) is 1. The Morgan fingerprint density at radius 3 is 2.75 bits per heavy atom. The van der Waals surface area contributed by atoms with Crippen LogP contribution in [0.25, 0.3) is 0 Å². The molecule has 0 heterocycles. The van der Waals surface area contributed by atoms with Gasteiger partial charge in [-0.1, -0.05) is 31.2 Å². The fourth-order valence-corrected chi connectivity index (χ4v) is 3.67. The number of fused-ring (bicyclic) bond motifs is 1. The Labute approximate surface area is 99.3 Å². The van der Waals surface area contributed by atoms with Crippen molar-refractivity contribution in [1.82, 2.24) is 0 Å². The van der Waals surface area contributed by atoms with Crippen molar-refractivity contribution < 1.29 is 5.11 Å². The molecule has 2 aliphatic rings. The molecule has 0 aromatic carbocycles. The summed E-state index contributed by atoms with van der Waals surface area (Å²) in [7, 11) is 0. The molecule has 2 fully saturated rings. The molecule has 4 unspecified atom stereocenters. The Bertz CT molecular complexity index is 317. The summed E-state index contributed by atoms with van der Waals surface area (Å²) in [6.45, 7) is 12.6. The molecule has 2 rings (SSSR count). The van der Waals surface area contributed by atoms with Crippen LogP contribution in [0, 0.1) is 17.3 Å². The molecule has 0 spiro atoms. The summed E-state index contributed by atoms with van der Waals surface area (Å²) in [6.07, 6.45) is 5.37. The zero-order chi connectivity index (χ0) is 11.9. The third kappa shape index (κ3) is 1.75. The molecule has 1 heteroatoms. The van der Waals surface area contributed by atoms with Crippen LogP contribution < -0.4 is 0 Å². The van der Waals surface area contributed by atoms with E-state index in [-0.39, 0.29) is 11.5 Å². The van der Waals surface area contributed by atoms with Gasteiger partial charge in [-0.2, -0.15) is 0 Å². The molecule has 4 atom stereocenters. The van der Waals surface area contributed by atoms with E-state index in [2.05, 4.69) is 27.0 Å². The maximum atomic E-state index is 10.4. The maximum absolute atomic E-state index is 10.4. The second-order valence-corrected chi connectivity index (χ2v) is 6.10. The van der Waals surface area contributed by atoms with Crippen LogP contribution in [0.2, 0.25) is 0 Å². The minimum absolute atomic E-state index is 0.0846. The normalized spacial score (nSPS) is 43.9. The van der Waals surface area contributed by atoms with E-state index in [1.165, 1.54) is 17.6 Å². The second kappa shape index (κ2) is 4.03. The van der Waals surface area contributed by atoms with Crippen molar-refractivity contribution in [1.29, 1.82) is 0 Å². The monoisotopic (exact) mass is 220 g/mol. The molecule has 0 amide bonds. The quantitative estimate of drug-likeness (QED) is 0.668. The molecule has 0 saturated heterocycles. The van der Waals surface area contributed by atoms with Gasteiger partial charge in [-0.15, -0.1) is 0 Å². The third-order valence-corrected chi connectivity index (χ3v) is 4.99. The van der Waals surface area contributed by atoms with Crippen molar-refractivity contribution in [3.8, 4) is 0 Å². The zero-order valence-electron chi connectivity index (χ0n) is 10.6. The SMILES string of the molecule is C=C(C)C1CC(O)C2(C)CCCC(=C)C2C1. The van der Waals surface area contributed by atoms with Crippen LogP contribution in [-0.4, -0.2) is 11.2 Å². The lowest BCUT2D eigenvalue weighted by Crippen LogP contribution is -2.48. The van der Waals surface area contributed by atoms with Crippen molar-refractivity contribution in [2.45, 2.75) is 52.1 Å². The lowest BCUT2D eigenvalue weighted by atomic mass is 9.55. The Morgan fingerprint density at radius 1 is 1.44 bits per heavy atom. The van der Waals surface area contributed by atoms with Crippen molar-refractivity contribution >= 4 is 0 Å². The topological polar surface area (TPSA) is 20.2 Å². The van der Waals surface area contributed by atoms with Crippen LogP contribution in [0.1, 0.15) is 46.0 Å². The molecule has 0 bridgehead atoms. The highest BCUT2D eigenvalue weighted by Crippen LogP contribution is 2.54. The van der Waals surface area contributed by atoms with Gasteiger partial charge in [0.15, 0.2) is 0 Å². The van der Waals surface area contributed by atoms with Gasteiger partial charge >= 0.3 is 0 Å². The lowest BCUT2D eigenvalue weighted by Gasteiger charge is -2.51. The molecule has 1 nitrogen and oxygen atoms in total. The molecule has 0 aromatic heterocycles. The summed E-state index contributed by atoms with van der Waals surface area (Å²) in [6, 6.07) is 0. The van der Waals surface area contributed by atoms with Crippen molar-refractivity contribution in [3.63, 3.8) is 0 Å².